The highest BCUT2D eigenvalue weighted by Gasteiger charge is 2.40. The average molecular weight is 337 g/mol. The van der Waals surface area contributed by atoms with Crippen molar-refractivity contribution in [1.82, 2.24) is 10.6 Å². The molecule has 0 unspecified atom stereocenters. The second-order valence-electron chi connectivity index (χ2n) is 5.78. The third kappa shape index (κ3) is 2.23. The van der Waals surface area contributed by atoms with Crippen molar-refractivity contribution in [2.75, 3.05) is 0 Å². The molecule has 0 spiro atoms. The first-order valence-corrected chi connectivity index (χ1v) is 7.87. The van der Waals surface area contributed by atoms with Crippen LogP contribution in [0.2, 0.25) is 5.02 Å². The Bertz CT molecular complexity index is 956. The second-order valence-corrected chi connectivity index (χ2v) is 6.22. The summed E-state index contributed by atoms with van der Waals surface area (Å²) in [7, 11) is 0. The second kappa shape index (κ2) is 5.35. The number of benzene rings is 2. The van der Waals surface area contributed by atoms with Crippen molar-refractivity contribution >= 4 is 34.8 Å². The van der Waals surface area contributed by atoms with Gasteiger partial charge in [0, 0.05) is 10.6 Å². The molecule has 0 saturated carbocycles. The number of hydrogen-bond donors (Lipinski definition) is 2. The van der Waals surface area contributed by atoms with Crippen LogP contribution in [0.4, 0.5) is 0 Å². The van der Waals surface area contributed by atoms with Gasteiger partial charge in [-0.15, -0.1) is 0 Å². The minimum Gasteiger partial charge on any atom is -0.321 e. The summed E-state index contributed by atoms with van der Waals surface area (Å²) < 4.78 is 0. The van der Waals surface area contributed by atoms with Gasteiger partial charge < -0.3 is 10.6 Å². The molecule has 0 bridgehead atoms. The van der Waals surface area contributed by atoms with Crippen molar-refractivity contribution in [1.29, 1.82) is 0 Å². The normalized spacial score (nSPS) is 16.4. The van der Waals surface area contributed by atoms with E-state index in [-0.39, 0.29) is 11.8 Å². The molecular formula is C19H13ClN2O2. The van der Waals surface area contributed by atoms with Crippen LogP contribution in [0.1, 0.15) is 16.7 Å². The van der Waals surface area contributed by atoms with Crippen LogP contribution in [-0.2, 0) is 9.59 Å². The Labute approximate surface area is 143 Å². The molecule has 0 radical (unpaired) electrons. The summed E-state index contributed by atoms with van der Waals surface area (Å²) in [6.07, 6.45) is 0. The predicted molar refractivity (Wildman–Crippen MR) is 92.8 cm³/mol. The van der Waals surface area contributed by atoms with Gasteiger partial charge in [0.15, 0.2) is 0 Å². The number of carbonyl (C=O) groups is 2. The van der Waals surface area contributed by atoms with Gasteiger partial charge in [0.25, 0.3) is 11.8 Å². The zero-order valence-electron chi connectivity index (χ0n) is 12.8. The van der Waals surface area contributed by atoms with Gasteiger partial charge in [-0.2, -0.15) is 0 Å². The quantitative estimate of drug-likeness (QED) is 0.885. The minimum atomic E-state index is -0.283. The first-order chi connectivity index (χ1) is 11.5. The van der Waals surface area contributed by atoms with Gasteiger partial charge in [-0.1, -0.05) is 53.6 Å². The summed E-state index contributed by atoms with van der Waals surface area (Å²) >= 11 is 6.03. The number of carbonyl (C=O) groups excluding carboxylic acids is 2. The molecule has 0 aliphatic carbocycles. The topological polar surface area (TPSA) is 58.2 Å². The van der Waals surface area contributed by atoms with Crippen LogP contribution in [-0.4, -0.2) is 11.8 Å². The van der Waals surface area contributed by atoms with Crippen LogP contribution < -0.4 is 10.6 Å². The molecule has 4 nitrogen and oxygen atoms in total. The summed E-state index contributed by atoms with van der Waals surface area (Å²) in [5, 5.41) is 6.18. The third-order valence-electron chi connectivity index (χ3n) is 4.13. The molecule has 0 atom stereocenters. The number of rotatable bonds is 2. The number of aryl methyl sites for hydroxylation is 1. The highest BCUT2D eigenvalue weighted by atomic mass is 35.5. The van der Waals surface area contributed by atoms with Gasteiger partial charge in [0.1, 0.15) is 0 Å². The summed E-state index contributed by atoms with van der Waals surface area (Å²) in [6, 6.07) is 14.8. The smallest absolute Gasteiger partial charge is 0.258 e. The Kier molecular flexibility index (Phi) is 3.28. The highest BCUT2D eigenvalue weighted by molar-refractivity contribution is 6.32. The van der Waals surface area contributed by atoms with Crippen molar-refractivity contribution in [2.24, 2.45) is 0 Å². The van der Waals surface area contributed by atoms with Gasteiger partial charge in [-0.25, -0.2) is 0 Å². The summed E-state index contributed by atoms with van der Waals surface area (Å²) in [6.45, 7) is 1.99. The van der Waals surface area contributed by atoms with Crippen LogP contribution in [0.3, 0.4) is 0 Å². The molecule has 24 heavy (non-hydrogen) atoms. The van der Waals surface area contributed by atoms with Crippen molar-refractivity contribution in [3.63, 3.8) is 0 Å². The lowest BCUT2D eigenvalue weighted by atomic mass is 10.0. The van der Waals surface area contributed by atoms with Crippen molar-refractivity contribution < 1.29 is 9.59 Å². The van der Waals surface area contributed by atoms with Crippen molar-refractivity contribution in [3.05, 3.63) is 81.4 Å². The third-order valence-corrected chi connectivity index (χ3v) is 4.37. The summed E-state index contributed by atoms with van der Waals surface area (Å²) in [4.78, 5) is 25.0. The van der Waals surface area contributed by atoms with Crippen LogP contribution in [0, 0.1) is 6.92 Å². The maximum Gasteiger partial charge on any atom is 0.258 e. The van der Waals surface area contributed by atoms with Gasteiger partial charge >= 0.3 is 0 Å². The largest absolute Gasteiger partial charge is 0.321 e. The predicted octanol–water partition coefficient (Wildman–Crippen LogP) is 3.03. The molecular weight excluding hydrogens is 324 g/mol. The molecule has 2 aromatic rings. The van der Waals surface area contributed by atoms with Gasteiger partial charge in [-0.3, -0.25) is 9.59 Å². The average Bonchev–Trinajstić information content (AvgIpc) is 3.08. The van der Waals surface area contributed by atoms with Gasteiger partial charge in [-0.05, 0) is 24.6 Å². The molecule has 4 rings (SSSR count). The molecule has 0 saturated heterocycles. The van der Waals surface area contributed by atoms with E-state index < -0.39 is 0 Å². The van der Waals surface area contributed by atoms with E-state index in [4.69, 9.17) is 11.6 Å². The van der Waals surface area contributed by atoms with Crippen LogP contribution in [0.25, 0.3) is 11.4 Å². The van der Waals surface area contributed by atoms with E-state index in [0.717, 1.165) is 11.1 Å². The zero-order valence-corrected chi connectivity index (χ0v) is 13.6. The van der Waals surface area contributed by atoms with Crippen molar-refractivity contribution in [3.8, 4) is 0 Å². The van der Waals surface area contributed by atoms with Crippen LogP contribution in [0.15, 0.2) is 59.7 Å². The molecule has 0 fully saturated rings. The minimum absolute atomic E-state index is 0.283. The number of hydrogen-bond acceptors (Lipinski definition) is 2. The maximum atomic E-state index is 12.5. The molecule has 2 aliphatic heterocycles. The molecule has 0 aromatic heterocycles. The maximum absolute atomic E-state index is 12.5. The molecule has 2 N–H and O–H groups in total. The fraction of sp³-hybridized carbons (Fsp3) is 0.0526. The number of nitrogens with one attached hydrogen (secondary N) is 2. The zero-order chi connectivity index (χ0) is 16.8. The summed E-state index contributed by atoms with van der Waals surface area (Å²) in [5.41, 5.74) is 4.43. The number of amides is 2. The van der Waals surface area contributed by atoms with E-state index in [2.05, 4.69) is 10.6 Å². The molecule has 5 heteroatoms. The Morgan fingerprint density at radius 2 is 1.38 bits per heavy atom. The van der Waals surface area contributed by atoms with Crippen LogP contribution in [0.5, 0.6) is 0 Å². The fourth-order valence-corrected chi connectivity index (χ4v) is 3.17. The Balaban J connectivity index is 1.90. The van der Waals surface area contributed by atoms with E-state index in [1.807, 2.05) is 37.3 Å². The van der Waals surface area contributed by atoms with E-state index in [1.165, 1.54) is 0 Å². The monoisotopic (exact) mass is 336 g/mol. The van der Waals surface area contributed by atoms with Crippen LogP contribution >= 0.6 is 11.6 Å². The fourth-order valence-electron chi connectivity index (χ4n) is 2.98. The first-order valence-electron chi connectivity index (χ1n) is 7.49. The standard InChI is InChI=1S/C19H13ClN2O2/c1-10-5-7-11(8-6-10)16-14-15(19(24)21-16)17(22-18(14)23)12-3-2-4-13(20)9-12/h2-9H,1H3,(H,21,24)(H,22,23). The van der Waals surface area contributed by atoms with Gasteiger partial charge in [0.05, 0.1) is 22.5 Å². The first kappa shape index (κ1) is 14.7. The Hall–Kier alpha value is -2.85. The Morgan fingerprint density at radius 1 is 0.792 bits per heavy atom. The molecule has 2 aliphatic rings. The van der Waals surface area contributed by atoms with E-state index in [9.17, 15) is 9.59 Å². The van der Waals surface area contributed by atoms with E-state index in [1.54, 1.807) is 18.2 Å². The lowest BCUT2D eigenvalue weighted by Crippen LogP contribution is -2.21. The number of fused-ring (bicyclic) bond motifs is 1. The SMILES string of the molecule is Cc1ccc(C2=C3C(=O)NC(c4cccc(Cl)c4)=C3C(=O)N2)cc1. The highest BCUT2D eigenvalue weighted by Crippen LogP contribution is 2.37. The summed E-state index contributed by atoms with van der Waals surface area (Å²) in [5.74, 6) is -0.567. The molecule has 2 aromatic carbocycles. The molecule has 2 heterocycles. The lowest BCUT2D eigenvalue weighted by molar-refractivity contribution is -0.117. The lowest BCUT2D eigenvalue weighted by Gasteiger charge is -2.07. The van der Waals surface area contributed by atoms with E-state index >= 15 is 0 Å². The molecule has 118 valence electrons. The van der Waals surface area contributed by atoms with E-state index in [0.29, 0.717) is 33.1 Å². The number of halogens is 1. The Morgan fingerprint density at radius 3 is 1.96 bits per heavy atom. The van der Waals surface area contributed by atoms with Crippen molar-refractivity contribution in [2.45, 2.75) is 6.92 Å². The van der Waals surface area contributed by atoms with Gasteiger partial charge in [0.2, 0.25) is 0 Å². The molecule has 2 amide bonds.